The van der Waals surface area contributed by atoms with Crippen molar-refractivity contribution in [3.8, 4) is 0 Å². The van der Waals surface area contributed by atoms with Gasteiger partial charge in [0.25, 0.3) is 0 Å². The van der Waals surface area contributed by atoms with E-state index in [9.17, 15) is 14.5 Å². The number of hydrogen-bond donors (Lipinski definition) is 0. The highest BCUT2D eigenvalue weighted by Gasteiger charge is 2.14. The van der Waals surface area contributed by atoms with Crippen LogP contribution in [0.2, 0.25) is 0 Å². The minimum Gasteiger partial charge on any atom is -0.259 e. The van der Waals surface area contributed by atoms with Crippen molar-refractivity contribution in [2.24, 2.45) is 0 Å². The van der Waals surface area contributed by atoms with Crippen LogP contribution in [-0.4, -0.2) is 4.92 Å². The molecule has 0 heterocycles. The molecule has 0 aromatic rings. The Morgan fingerprint density at radius 1 is 1.42 bits per heavy atom. The van der Waals surface area contributed by atoms with Crippen molar-refractivity contribution in [3.05, 3.63) is 33.8 Å². The van der Waals surface area contributed by atoms with E-state index in [4.69, 9.17) is 0 Å². The van der Waals surface area contributed by atoms with Crippen molar-refractivity contribution in [3.63, 3.8) is 0 Å². The maximum absolute atomic E-state index is 12.2. The average Bonchev–Trinajstić information content (AvgIpc) is 2.09. The molecule has 0 unspecified atom stereocenters. The molecule has 0 spiro atoms. The molecule has 0 aliphatic heterocycles. The zero-order valence-electron chi connectivity index (χ0n) is 7.21. The summed E-state index contributed by atoms with van der Waals surface area (Å²) in [7, 11) is 0. The first-order chi connectivity index (χ1) is 5.70. The fourth-order valence-corrected chi connectivity index (χ4v) is 0.753. The molecular formula is C8H12FNO2. The topological polar surface area (TPSA) is 43.1 Å². The molecule has 0 saturated carbocycles. The van der Waals surface area contributed by atoms with Gasteiger partial charge >= 0.3 is 0 Å². The summed E-state index contributed by atoms with van der Waals surface area (Å²) in [5.41, 5.74) is 0.0846. The highest BCUT2D eigenvalue weighted by Crippen LogP contribution is 2.18. The highest BCUT2D eigenvalue weighted by atomic mass is 19.1. The van der Waals surface area contributed by atoms with Crippen molar-refractivity contribution in [1.82, 2.24) is 0 Å². The van der Waals surface area contributed by atoms with Gasteiger partial charge < -0.3 is 0 Å². The van der Waals surface area contributed by atoms with E-state index >= 15 is 0 Å². The maximum atomic E-state index is 12.2. The molecule has 0 aromatic heterocycles. The van der Waals surface area contributed by atoms with Gasteiger partial charge in [0, 0.05) is 18.9 Å². The first kappa shape index (κ1) is 10.8. The van der Waals surface area contributed by atoms with E-state index < -0.39 is 4.92 Å². The molecule has 0 aromatic carbocycles. The van der Waals surface area contributed by atoms with Crippen LogP contribution in [0.4, 0.5) is 4.39 Å². The van der Waals surface area contributed by atoms with Crippen molar-refractivity contribution in [1.29, 1.82) is 0 Å². The van der Waals surface area contributed by atoms with Crippen molar-refractivity contribution in [2.45, 2.75) is 26.7 Å². The van der Waals surface area contributed by atoms with Gasteiger partial charge in [-0.1, -0.05) is 13.8 Å². The minimum absolute atomic E-state index is 0.0846. The maximum Gasteiger partial charge on any atom is 0.246 e. The lowest BCUT2D eigenvalue weighted by Crippen LogP contribution is -2.00. The molecule has 0 saturated heterocycles. The molecule has 1 aliphatic rings. The SMILES string of the molecule is CC.O=[N+]([O-])C1=CC=C(F)CC1. The Balaban J connectivity index is 0.000000561. The third-order valence-electron chi connectivity index (χ3n) is 1.31. The van der Waals surface area contributed by atoms with Crippen LogP contribution < -0.4 is 0 Å². The third-order valence-corrected chi connectivity index (χ3v) is 1.31. The summed E-state index contributed by atoms with van der Waals surface area (Å²) < 4.78 is 12.2. The molecule has 4 heteroatoms. The van der Waals surface area contributed by atoms with Gasteiger partial charge in [-0.3, -0.25) is 10.1 Å². The molecule has 0 fully saturated rings. The Hall–Kier alpha value is -1.19. The second-order valence-corrected chi connectivity index (χ2v) is 2.03. The molecule has 0 bridgehead atoms. The van der Waals surface area contributed by atoms with Crippen LogP contribution in [0.5, 0.6) is 0 Å². The minimum atomic E-state index is -0.483. The molecule has 1 aliphatic carbocycles. The lowest BCUT2D eigenvalue weighted by atomic mass is 10.1. The zero-order chi connectivity index (χ0) is 9.56. The van der Waals surface area contributed by atoms with Gasteiger partial charge in [0.1, 0.15) is 5.83 Å². The quantitative estimate of drug-likeness (QED) is 0.452. The third kappa shape index (κ3) is 3.27. The number of halogens is 1. The van der Waals surface area contributed by atoms with Crippen molar-refractivity contribution in [2.75, 3.05) is 0 Å². The summed E-state index contributed by atoms with van der Waals surface area (Å²) in [5.74, 6) is -0.286. The lowest BCUT2D eigenvalue weighted by molar-refractivity contribution is -0.428. The molecule has 0 radical (unpaired) electrons. The fourth-order valence-electron chi connectivity index (χ4n) is 0.753. The van der Waals surface area contributed by atoms with Crippen LogP contribution in [0, 0.1) is 10.1 Å². The van der Waals surface area contributed by atoms with Crippen molar-refractivity contribution < 1.29 is 9.31 Å². The molecule has 0 N–H and O–H groups in total. The van der Waals surface area contributed by atoms with E-state index in [0.29, 0.717) is 0 Å². The van der Waals surface area contributed by atoms with Gasteiger partial charge in [0.05, 0.1) is 4.92 Å². The van der Waals surface area contributed by atoms with Gasteiger partial charge in [-0.15, -0.1) is 0 Å². The summed E-state index contributed by atoms with van der Waals surface area (Å²) in [5, 5.41) is 10.0. The Bertz CT molecular complexity index is 221. The summed E-state index contributed by atoms with van der Waals surface area (Å²) in [6.07, 6.45) is 2.71. The van der Waals surface area contributed by atoms with Crippen LogP contribution in [0.15, 0.2) is 23.7 Å². The van der Waals surface area contributed by atoms with Crippen LogP contribution in [0.1, 0.15) is 26.7 Å². The summed E-state index contributed by atoms with van der Waals surface area (Å²) in [4.78, 5) is 9.56. The molecule has 0 amide bonds. The van der Waals surface area contributed by atoms with Crippen LogP contribution >= 0.6 is 0 Å². The van der Waals surface area contributed by atoms with E-state index in [0.717, 1.165) is 6.08 Å². The number of allylic oxidation sites excluding steroid dienone is 4. The smallest absolute Gasteiger partial charge is 0.246 e. The van der Waals surface area contributed by atoms with Crippen LogP contribution in [-0.2, 0) is 0 Å². The zero-order valence-corrected chi connectivity index (χ0v) is 7.21. The van der Waals surface area contributed by atoms with Gasteiger partial charge in [0.2, 0.25) is 5.70 Å². The van der Waals surface area contributed by atoms with E-state index in [2.05, 4.69) is 0 Å². The monoisotopic (exact) mass is 173 g/mol. The normalized spacial score (nSPS) is 15.2. The van der Waals surface area contributed by atoms with Crippen LogP contribution in [0.3, 0.4) is 0 Å². The number of nitrogens with zero attached hydrogens (tertiary/aromatic N) is 1. The van der Waals surface area contributed by atoms with E-state index in [1.807, 2.05) is 13.8 Å². The Morgan fingerprint density at radius 2 is 2.00 bits per heavy atom. The Kier molecular flexibility index (Phi) is 4.92. The summed E-state index contributed by atoms with van der Waals surface area (Å²) in [6.45, 7) is 4.00. The van der Waals surface area contributed by atoms with Gasteiger partial charge in [-0.2, -0.15) is 0 Å². The summed E-state index contributed by atoms with van der Waals surface area (Å²) >= 11 is 0. The molecule has 3 nitrogen and oxygen atoms in total. The molecule has 0 atom stereocenters. The second-order valence-electron chi connectivity index (χ2n) is 2.03. The van der Waals surface area contributed by atoms with Gasteiger partial charge in [0.15, 0.2) is 0 Å². The lowest BCUT2D eigenvalue weighted by Gasteiger charge is -2.00. The summed E-state index contributed by atoms with van der Waals surface area (Å²) in [6, 6.07) is 0. The number of rotatable bonds is 1. The first-order valence-electron chi connectivity index (χ1n) is 3.90. The van der Waals surface area contributed by atoms with Crippen molar-refractivity contribution >= 4 is 0 Å². The predicted molar refractivity (Wildman–Crippen MR) is 44.9 cm³/mol. The Morgan fingerprint density at radius 3 is 2.33 bits per heavy atom. The predicted octanol–water partition coefficient (Wildman–Crippen LogP) is 2.82. The molecule has 68 valence electrons. The molecule has 12 heavy (non-hydrogen) atoms. The van der Waals surface area contributed by atoms with Gasteiger partial charge in [-0.05, 0) is 6.08 Å². The fraction of sp³-hybridized carbons (Fsp3) is 0.500. The van der Waals surface area contributed by atoms with E-state index in [1.165, 1.54) is 6.08 Å². The van der Waals surface area contributed by atoms with Gasteiger partial charge in [-0.25, -0.2) is 4.39 Å². The van der Waals surface area contributed by atoms with E-state index in [1.54, 1.807) is 0 Å². The largest absolute Gasteiger partial charge is 0.259 e. The standard InChI is InChI=1S/C6H6FNO2.C2H6/c7-5-1-3-6(4-2-5)8(9)10;1-2/h1,3H,2,4H2;1-2H3. The second kappa shape index (κ2) is 5.46. The number of hydrogen-bond acceptors (Lipinski definition) is 2. The molecular weight excluding hydrogens is 161 g/mol. The molecule has 1 rings (SSSR count). The highest BCUT2D eigenvalue weighted by molar-refractivity contribution is 5.15. The van der Waals surface area contributed by atoms with E-state index in [-0.39, 0.29) is 24.4 Å². The average molecular weight is 173 g/mol. The first-order valence-corrected chi connectivity index (χ1v) is 3.90. The number of nitro groups is 1. The van der Waals surface area contributed by atoms with Crippen LogP contribution in [0.25, 0.3) is 0 Å². The Labute approximate surface area is 70.7 Å².